The maximum absolute atomic E-state index is 11.1. The Kier molecular flexibility index (Phi) is 4.41. The molecule has 0 saturated carbocycles. The molecule has 3 amide bonds. The highest BCUT2D eigenvalue weighted by molar-refractivity contribution is 8.14. The number of carbonyl (C=O) groups is 3. The van der Waals surface area contributed by atoms with Crippen LogP contribution in [-0.4, -0.2) is 46.2 Å². The van der Waals surface area contributed by atoms with Crippen molar-refractivity contribution in [2.24, 2.45) is 0 Å². The Balaban J connectivity index is 2.28. The second-order valence-corrected chi connectivity index (χ2v) is 4.59. The van der Waals surface area contributed by atoms with Crippen molar-refractivity contribution in [2.45, 2.75) is 12.3 Å². The van der Waals surface area contributed by atoms with E-state index in [-0.39, 0.29) is 35.9 Å². The first-order chi connectivity index (χ1) is 7.02. The molecule has 0 aromatic heterocycles. The van der Waals surface area contributed by atoms with Gasteiger partial charge in [0.15, 0.2) is 0 Å². The van der Waals surface area contributed by atoms with Crippen LogP contribution in [0.5, 0.6) is 0 Å². The molecule has 0 radical (unpaired) electrons. The normalized spacial score (nSPS) is 18.1. The molecule has 0 bridgehead atoms. The minimum Gasteiger partial charge on any atom is -0.353 e. The SMILES string of the molecule is CC(Cl)C(=O)NCCN1C(=O)CSC1=O. The number of rotatable bonds is 4. The van der Waals surface area contributed by atoms with Crippen LogP contribution in [0.4, 0.5) is 4.79 Å². The minimum atomic E-state index is -0.607. The van der Waals surface area contributed by atoms with Crippen molar-refractivity contribution in [1.82, 2.24) is 10.2 Å². The van der Waals surface area contributed by atoms with Crippen LogP contribution in [-0.2, 0) is 9.59 Å². The van der Waals surface area contributed by atoms with Crippen molar-refractivity contribution >= 4 is 40.4 Å². The van der Waals surface area contributed by atoms with Crippen molar-refractivity contribution in [2.75, 3.05) is 18.8 Å². The van der Waals surface area contributed by atoms with Gasteiger partial charge in [0.2, 0.25) is 11.8 Å². The van der Waals surface area contributed by atoms with E-state index in [1.807, 2.05) is 0 Å². The zero-order valence-electron chi connectivity index (χ0n) is 8.16. The number of nitrogens with zero attached hydrogens (tertiary/aromatic N) is 1. The molecular formula is C8H11ClN2O3S. The van der Waals surface area contributed by atoms with E-state index in [4.69, 9.17) is 11.6 Å². The zero-order valence-corrected chi connectivity index (χ0v) is 9.73. The topological polar surface area (TPSA) is 66.5 Å². The lowest BCUT2D eigenvalue weighted by Gasteiger charge is -2.13. The Morgan fingerprint density at radius 1 is 1.67 bits per heavy atom. The quantitative estimate of drug-likeness (QED) is 0.735. The molecule has 5 nitrogen and oxygen atoms in total. The second kappa shape index (κ2) is 5.37. The van der Waals surface area contributed by atoms with Gasteiger partial charge in [0.1, 0.15) is 5.38 Å². The van der Waals surface area contributed by atoms with Gasteiger partial charge in [-0.05, 0) is 6.92 Å². The third kappa shape index (κ3) is 3.39. The highest BCUT2D eigenvalue weighted by atomic mass is 35.5. The number of amides is 3. The summed E-state index contributed by atoms with van der Waals surface area (Å²) >= 11 is 6.49. The van der Waals surface area contributed by atoms with E-state index in [9.17, 15) is 14.4 Å². The molecule has 1 unspecified atom stereocenters. The fourth-order valence-corrected chi connectivity index (χ4v) is 1.86. The summed E-state index contributed by atoms with van der Waals surface area (Å²) in [6.45, 7) is 2.01. The van der Waals surface area contributed by atoms with Crippen molar-refractivity contribution in [3.63, 3.8) is 0 Å². The van der Waals surface area contributed by atoms with Crippen LogP contribution in [0.25, 0.3) is 0 Å². The zero-order chi connectivity index (χ0) is 11.4. The van der Waals surface area contributed by atoms with E-state index in [0.29, 0.717) is 0 Å². The summed E-state index contributed by atoms with van der Waals surface area (Å²) in [6.07, 6.45) is 0. The molecule has 1 aliphatic rings. The van der Waals surface area contributed by atoms with Crippen LogP contribution >= 0.6 is 23.4 Å². The third-order valence-electron chi connectivity index (χ3n) is 1.84. The lowest BCUT2D eigenvalue weighted by atomic mass is 10.4. The lowest BCUT2D eigenvalue weighted by molar-refractivity contribution is -0.125. The Morgan fingerprint density at radius 2 is 2.33 bits per heavy atom. The Bertz CT molecular complexity index is 280. The van der Waals surface area contributed by atoms with Gasteiger partial charge in [0.05, 0.1) is 5.75 Å². The average molecular weight is 251 g/mol. The van der Waals surface area contributed by atoms with Crippen molar-refractivity contribution < 1.29 is 14.4 Å². The molecule has 1 rings (SSSR count). The van der Waals surface area contributed by atoms with E-state index in [1.165, 1.54) is 0 Å². The van der Waals surface area contributed by atoms with Gasteiger partial charge in [-0.25, -0.2) is 0 Å². The molecule has 1 aliphatic heterocycles. The molecule has 1 heterocycles. The molecule has 1 fully saturated rings. The first-order valence-corrected chi connectivity index (χ1v) is 5.83. The molecule has 1 saturated heterocycles. The molecular weight excluding hydrogens is 240 g/mol. The maximum Gasteiger partial charge on any atom is 0.288 e. The van der Waals surface area contributed by atoms with Crippen LogP contribution in [0, 0.1) is 0 Å². The molecule has 0 aromatic carbocycles. The molecule has 7 heteroatoms. The van der Waals surface area contributed by atoms with Crippen LogP contribution in [0.1, 0.15) is 6.92 Å². The summed E-state index contributed by atoms with van der Waals surface area (Å²) in [5.74, 6) is -0.319. The standard InChI is InChI=1S/C8H11ClN2O3S/c1-5(9)7(13)10-2-3-11-6(12)4-15-8(11)14/h5H,2-4H2,1H3,(H,10,13). The number of carbonyl (C=O) groups excluding carboxylic acids is 3. The van der Waals surface area contributed by atoms with Gasteiger partial charge in [0.25, 0.3) is 5.24 Å². The van der Waals surface area contributed by atoms with Gasteiger partial charge >= 0.3 is 0 Å². The largest absolute Gasteiger partial charge is 0.353 e. The summed E-state index contributed by atoms with van der Waals surface area (Å²) in [7, 11) is 0. The number of halogens is 1. The number of hydrogen-bond donors (Lipinski definition) is 1. The van der Waals surface area contributed by atoms with Crippen LogP contribution in [0.3, 0.4) is 0 Å². The lowest BCUT2D eigenvalue weighted by Crippen LogP contribution is -2.39. The van der Waals surface area contributed by atoms with E-state index in [0.717, 1.165) is 16.7 Å². The Morgan fingerprint density at radius 3 is 2.80 bits per heavy atom. The number of imide groups is 1. The maximum atomic E-state index is 11.1. The Hall–Kier alpha value is -0.750. The molecule has 15 heavy (non-hydrogen) atoms. The summed E-state index contributed by atoms with van der Waals surface area (Å²) in [6, 6.07) is 0. The first kappa shape index (κ1) is 12.3. The van der Waals surface area contributed by atoms with Crippen molar-refractivity contribution in [1.29, 1.82) is 0 Å². The van der Waals surface area contributed by atoms with E-state index >= 15 is 0 Å². The molecule has 0 spiro atoms. The molecule has 0 aromatic rings. The predicted molar refractivity (Wildman–Crippen MR) is 57.9 cm³/mol. The van der Waals surface area contributed by atoms with Crippen LogP contribution < -0.4 is 5.32 Å². The molecule has 1 N–H and O–H groups in total. The monoisotopic (exact) mass is 250 g/mol. The Labute approximate surface area is 96.5 Å². The van der Waals surface area contributed by atoms with Crippen LogP contribution in [0.2, 0.25) is 0 Å². The van der Waals surface area contributed by atoms with E-state index < -0.39 is 5.38 Å². The van der Waals surface area contributed by atoms with Gasteiger partial charge in [-0.2, -0.15) is 0 Å². The summed E-state index contributed by atoms with van der Waals surface area (Å²) in [5, 5.41) is 1.66. The van der Waals surface area contributed by atoms with Gasteiger partial charge < -0.3 is 5.32 Å². The van der Waals surface area contributed by atoms with Crippen molar-refractivity contribution in [3.05, 3.63) is 0 Å². The van der Waals surface area contributed by atoms with Gasteiger partial charge in [0, 0.05) is 13.1 Å². The number of nitrogens with one attached hydrogen (secondary N) is 1. The fraction of sp³-hybridized carbons (Fsp3) is 0.625. The van der Waals surface area contributed by atoms with Crippen LogP contribution in [0.15, 0.2) is 0 Å². The number of alkyl halides is 1. The van der Waals surface area contributed by atoms with Gasteiger partial charge in [-0.15, -0.1) is 11.6 Å². The molecule has 0 aliphatic carbocycles. The summed E-state index contributed by atoms with van der Waals surface area (Å²) in [5.41, 5.74) is 0. The van der Waals surface area contributed by atoms with E-state index in [2.05, 4.69) is 5.32 Å². The summed E-state index contributed by atoms with van der Waals surface area (Å²) in [4.78, 5) is 34.4. The van der Waals surface area contributed by atoms with Gasteiger partial charge in [-0.1, -0.05) is 11.8 Å². The number of thioether (sulfide) groups is 1. The highest BCUT2D eigenvalue weighted by Gasteiger charge is 2.29. The smallest absolute Gasteiger partial charge is 0.288 e. The molecule has 84 valence electrons. The van der Waals surface area contributed by atoms with Gasteiger partial charge in [-0.3, -0.25) is 19.3 Å². The minimum absolute atomic E-state index is 0.193. The fourth-order valence-electron chi connectivity index (χ4n) is 1.03. The van der Waals surface area contributed by atoms with Crippen molar-refractivity contribution in [3.8, 4) is 0 Å². The third-order valence-corrected chi connectivity index (χ3v) is 2.89. The first-order valence-electron chi connectivity index (χ1n) is 4.41. The summed E-state index contributed by atoms with van der Waals surface area (Å²) < 4.78 is 0. The van der Waals surface area contributed by atoms with E-state index in [1.54, 1.807) is 6.92 Å². The second-order valence-electron chi connectivity index (χ2n) is 3.01. The number of hydrogen-bond acceptors (Lipinski definition) is 4. The highest BCUT2D eigenvalue weighted by Crippen LogP contribution is 2.17. The molecule has 1 atom stereocenters. The predicted octanol–water partition coefficient (Wildman–Crippen LogP) is 0.425. The average Bonchev–Trinajstić information content (AvgIpc) is 2.48.